The highest BCUT2D eigenvalue weighted by atomic mass is 79.9. The van der Waals surface area contributed by atoms with Gasteiger partial charge in [0.1, 0.15) is 5.57 Å². The number of nitrogens with zero attached hydrogens (tertiary/aromatic N) is 1. The largest absolute Gasteiger partial charge is 0.298 e. The van der Waals surface area contributed by atoms with Gasteiger partial charge in [0.25, 0.3) is 11.8 Å². The van der Waals surface area contributed by atoms with Crippen molar-refractivity contribution in [3.63, 3.8) is 0 Å². The van der Waals surface area contributed by atoms with E-state index in [-0.39, 0.29) is 16.1 Å². The predicted molar refractivity (Wildman–Crippen MR) is 118 cm³/mol. The third-order valence-electron chi connectivity index (χ3n) is 3.86. The van der Waals surface area contributed by atoms with E-state index in [1.54, 1.807) is 30.3 Å². The lowest BCUT2D eigenvalue weighted by atomic mass is 9.95. The summed E-state index contributed by atoms with van der Waals surface area (Å²) >= 11 is 16.2. The van der Waals surface area contributed by atoms with E-state index in [1.807, 2.05) is 6.07 Å². The van der Waals surface area contributed by atoms with Crippen molar-refractivity contribution in [3.05, 3.63) is 55.2 Å². The molecule has 0 unspecified atom stereocenters. The van der Waals surface area contributed by atoms with Gasteiger partial charge in [0.2, 0.25) is 0 Å². The fraction of sp³-hybridized carbons (Fsp3) is 0.211. The van der Waals surface area contributed by atoms with Gasteiger partial charge >= 0.3 is 0 Å². The maximum atomic E-state index is 13.0. The number of nitrogens with one attached hydrogen (secondary N) is 1. The number of carbonyl (C=O) groups is 2. The van der Waals surface area contributed by atoms with Gasteiger partial charge in [0.15, 0.2) is 5.11 Å². The zero-order valence-corrected chi connectivity index (χ0v) is 18.8. The standard InChI is InChI=1S/C19H16BrClN2O2S2/c1-19(2,3)15-14(20)9-12(27-15)8-13-16(24)22-18(26)23(17(13)25)11-6-4-10(21)5-7-11/h4-9H,1-3H3,(H,22,24,26). The molecule has 2 aromatic rings. The van der Waals surface area contributed by atoms with Gasteiger partial charge in [-0.1, -0.05) is 32.4 Å². The highest BCUT2D eigenvalue weighted by molar-refractivity contribution is 9.10. The Labute approximate surface area is 180 Å². The first-order valence-corrected chi connectivity index (χ1v) is 10.4. The molecule has 0 saturated carbocycles. The van der Waals surface area contributed by atoms with Crippen LogP contribution >= 0.6 is 51.1 Å². The van der Waals surface area contributed by atoms with Crippen LogP contribution in [0.1, 0.15) is 30.5 Å². The molecule has 1 aliphatic rings. The first-order chi connectivity index (χ1) is 12.6. The van der Waals surface area contributed by atoms with Crippen LogP contribution < -0.4 is 10.2 Å². The Hall–Kier alpha value is -1.54. The van der Waals surface area contributed by atoms with Crippen LogP contribution in [-0.4, -0.2) is 16.9 Å². The molecule has 140 valence electrons. The summed E-state index contributed by atoms with van der Waals surface area (Å²) in [5.41, 5.74) is 0.534. The van der Waals surface area contributed by atoms with Crippen molar-refractivity contribution in [2.75, 3.05) is 4.90 Å². The lowest BCUT2D eigenvalue weighted by molar-refractivity contribution is -0.122. The van der Waals surface area contributed by atoms with Crippen LogP contribution in [0.25, 0.3) is 6.08 Å². The first-order valence-electron chi connectivity index (χ1n) is 8.05. The summed E-state index contributed by atoms with van der Waals surface area (Å²) in [7, 11) is 0. The average Bonchev–Trinajstić information content (AvgIpc) is 2.94. The van der Waals surface area contributed by atoms with E-state index in [2.05, 4.69) is 42.0 Å². The minimum atomic E-state index is -0.503. The molecule has 1 N–H and O–H groups in total. The van der Waals surface area contributed by atoms with Crippen molar-refractivity contribution in [1.82, 2.24) is 5.32 Å². The van der Waals surface area contributed by atoms with Gasteiger partial charge in [-0.2, -0.15) is 0 Å². The van der Waals surface area contributed by atoms with Crippen molar-refractivity contribution in [2.45, 2.75) is 26.2 Å². The van der Waals surface area contributed by atoms with Crippen LogP contribution in [0.2, 0.25) is 5.02 Å². The third-order valence-corrected chi connectivity index (χ3v) is 6.79. The average molecular weight is 484 g/mol. The summed E-state index contributed by atoms with van der Waals surface area (Å²) in [4.78, 5) is 28.6. The van der Waals surface area contributed by atoms with E-state index in [0.29, 0.717) is 10.7 Å². The summed E-state index contributed by atoms with van der Waals surface area (Å²) in [5, 5.41) is 3.18. The summed E-state index contributed by atoms with van der Waals surface area (Å²) < 4.78 is 0.959. The van der Waals surface area contributed by atoms with Crippen molar-refractivity contribution < 1.29 is 9.59 Å². The van der Waals surface area contributed by atoms with E-state index in [4.69, 9.17) is 23.8 Å². The molecule has 2 amide bonds. The Kier molecular flexibility index (Phi) is 5.59. The van der Waals surface area contributed by atoms with E-state index in [9.17, 15) is 9.59 Å². The molecule has 1 aromatic carbocycles. The fourth-order valence-electron chi connectivity index (χ4n) is 2.59. The Bertz CT molecular complexity index is 975. The van der Waals surface area contributed by atoms with E-state index in [0.717, 1.165) is 14.2 Å². The van der Waals surface area contributed by atoms with Gasteiger partial charge in [-0.15, -0.1) is 11.3 Å². The Morgan fingerprint density at radius 1 is 1.22 bits per heavy atom. The molecule has 1 saturated heterocycles. The second kappa shape index (κ2) is 7.47. The summed E-state index contributed by atoms with van der Waals surface area (Å²) in [6.45, 7) is 6.33. The molecule has 0 radical (unpaired) electrons. The predicted octanol–water partition coefficient (Wildman–Crippen LogP) is 5.29. The first kappa shape index (κ1) is 20.2. The van der Waals surface area contributed by atoms with E-state index < -0.39 is 11.8 Å². The smallest absolute Gasteiger partial charge is 0.270 e. The number of carbonyl (C=O) groups excluding carboxylic acids is 2. The number of benzene rings is 1. The summed E-state index contributed by atoms with van der Waals surface area (Å²) in [5.74, 6) is -0.968. The number of amides is 2. The second-order valence-corrected chi connectivity index (χ2v) is 9.77. The third kappa shape index (κ3) is 4.16. The summed E-state index contributed by atoms with van der Waals surface area (Å²) in [6, 6.07) is 8.61. The molecule has 0 bridgehead atoms. The maximum Gasteiger partial charge on any atom is 0.270 e. The van der Waals surface area contributed by atoms with Crippen molar-refractivity contribution >= 4 is 79.8 Å². The molecule has 0 atom stereocenters. The van der Waals surface area contributed by atoms with Gasteiger partial charge in [-0.05, 0) is 70.0 Å². The van der Waals surface area contributed by atoms with Crippen LogP contribution in [0.5, 0.6) is 0 Å². The Morgan fingerprint density at radius 3 is 2.41 bits per heavy atom. The molecular formula is C19H16BrClN2O2S2. The second-order valence-electron chi connectivity index (χ2n) is 7.01. The van der Waals surface area contributed by atoms with Crippen LogP contribution in [0.4, 0.5) is 5.69 Å². The lowest BCUT2D eigenvalue weighted by Gasteiger charge is -2.28. The quantitative estimate of drug-likeness (QED) is 0.358. The number of hydrogen-bond donors (Lipinski definition) is 1. The van der Waals surface area contributed by atoms with Crippen LogP contribution in [-0.2, 0) is 15.0 Å². The zero-order valence-electron chi connectivity index (χ0n) is 14.8. The highest BCUT2D eigenvalue weighted by Crippen LogP contribution is 2.38. The molecule has 0 aliphatic carbocycles. The van der Waals surface area contributed by atoms with Crippen LogP contribution in [0.15, 0.2) is 40.4 Å². The lowest BCUT2D eigenvalue weighted by Crippen LogP contribution is -2.54. The van der Waals surface area contributed by atoms with Crippen LogP contribution in [0, 0.1) is 0 Å². The van der Waals surface area contributed by atoms with Gasteiger partial charge in [-0.25, -0.2) is 0 Å². The number of hydrogen-bond acceptors (Lipinski definition) is 4. The molecule has 27 heavy (non-hydrogen) atoms. The van der Waals surface area contributed by atoms with Crippen LogP contribution in [0.3, 0.4) is 0 Å². The van der Waals surface area contributed by atoms with E-state index >= 15 is 0 Å². The molecule has 1 aliphatic heterocycles. The zero-order chi connectivity index (χ0) is 19.9. The Balaban J connectivity index is 2.01. The number of thiophene rings is 1. The molecule has 1 aromatic heterocycles. The topological polar surface area (TPSA) is 49.4 Å². The Morgan fingerprint density at radius 2 is 1.85 bits per heavy atom. The van der Waals surface area contributed by atoms with Gasteiger partial charge in [0.05, 0.1) is 5.69 Å². The molecule has 4 nitrogen and oxygen atoms in total. The maximum absolute atomic E-state index is 13.0. The summed E-state index contributed by atoms with van der Waals surface area (Å²) in [6.07, 6.45) is 1.60. The molecule has 8 heteroatoms. The van der Waals surface area contributed by atoms with Gasteiger partial charge < -0.3 is 0 Å². The SMILES string of the molecule is CC(C)(C)c1sc(C=C2C(=O)NC(=S)N(c3ccc(Cl)cc3)C2=O)cc1Br. The molecule has 1 fully saturated rings. The monoisotopic (exact) mass is 482 g/mol. The molecule has 0 spiro atoms. The fourth-order valence-corrected chi connectivity index (χ4v) is 5.29. The number of anilines is 1. The van der Waals surface area contributed by atoms with Gasteiger partial charge in [-0.3, -0.25) is 19.8 Å². The minimum absolute atomic E-state index is 0.0350. The van der Waals surface area contributed by atoms with Crippen molar-refractivity contribution in [2.24, 2.45) is 0 Å². The number of halogens is 2. The molecule has 3 rings (SSSR count). The van der Waals surface area contributed by atoms with Crippen molar-refractivity contribution in [1.29, 1.82) is 0 Å². The molecular weight excluding hydrogens is 468 g/mol. The minimum Gasteiger partial charge on any atom is -0.298 e. The number of rotatable bonds is 2. The van der Waals surface area contributed by atoms with E-state index in [1.165, 1.54) is 16.2 Å². The van der Waals surface area contributed by atoms with Crippen molar-refractivity contribution in [3.8, 4) is 0 Å². The normalized spacial score (nSPS) is 16.9. The molecule has 2 heterocycles. The van der Waals surface area contributed by atoms with Gasteiger partial charge in [0, 0.05) is 19.2 Å². The highest BCUT2D eigenvalue weighted by Gasteiger charge is 2.34. The number of thiocarbonyl (C=S) groups is 1.